The lowest BCUT2D eigenvalue weighted by Gasteiger charge is -2.46. The Bertz CT molecular complexity index is 742. The van der Waals surface area contributed by atoms with Gasteiger partial charge in [-0.15, -0.1) is 0 Å². The summed E-state index contributed by atoms with van der Waals surface area (Å²) in [5, 5.41) is 0. The molecule has 0 aliphatic carbocycles. The zero-order valence-corrected chi connectivity index (χ0v) is 13.1. The van der Waals surface area contributed by atoms with E-state index in [4.69, 9.17) is 5.73 Å². The molecular weight excluding hydrogens is 288 g/mol. The Morgan fingerprint density at radius 2 is 2.05 bits per heavy atom. The van der Waals surface area contributed by atoms with Gasteiger partial charge in [-0.3, -0.25) is 4.79 Å². The van der Waals surface area contributed by atoms with E-state index in [0.717, 1.165) is 15.4 Å². The molecule has 21 heavy (non-hydrogen) atoms. The number of sulfonamides is 1. The molecule has 1 atom stereocenters. The second kappa shape index (κ2) is 5.17. The second-order valence-corrected chi connectivity index (χ2v) is 7.79. The van der Waals surface area contributed by atoms with Crippen molar-refractivity contribution < 1.29 is 13.2 Å². The van der Waals surface area contributed by atoms with Gasteiger partial charge in [-0.2, -0.15) is 0 Å². The van der Waals surface area contributed by atoms with E-state index in [0.29, 0.717) is 0 Å². The SMILES string of the molecule is CC(c1cccc(C#CCN)c1)N1C(=O)C(C)(C)S1(=O)=O. The van der Waals surface area contributed by atoms with Crippen molar-refractivity contribution in [3.63, 3.8) is 0 Å². The van der Waals surface area contributed by atoms with Crippen LogP contribution in [-0.4, -0.2) is 29.9 Å². The monoisotopic (exact) mass is 306 g/mol. The molecule has 112 valence electrons. The summed E-state index contributed by atoms with van der Waals surface area (Å²) in [6.45, 7) is 4.81. The fourth-order valence-corrected chi connectivity index (χ4v) is 3.90. The standard InChI is InChI=1S/C15H18N2O3S/c1-11(17-14(18)15(2,3)21(17,19)20)13-8-4-6-12(10-13)7-5-9-16/h4,6,8,10-11H,9,16H2,1-3H3. The average Bonchev–Trinajstić information content (AvgIpc) is 2.45. The number of carbonyl (C=O) groups is 1. The first-order chi connectivity index (χ1) is 9.73. The van der Waals surface area contributed by atoms with Crippen LogP contribution in [0.5, 0.6) is 0 Å². The van der Waals surface area contributed by atoms with Crippen LogP contribution in [0, 0.1) is 11.8 Å². The highest BCUT2D eigenvalue weighted by Gasteiger charge is 2.61. The number of hydrogen-bond donors (Lipinski definition) is 1. The maximum absolute atomic E-state index is 12.2. The van der Waals surface area contributed by atoms with Crippen LogP contribution in [0.25, 0.3) is 0 Å². The van der Waals surface area contributed by atoms with Gasteiger partial charge in [-0.25, -0.2) is 12.7 Å². The summed E-state index contributed by atoms with van der Waals surface area (Å²) in [6, 6.07) is 6.62. The number of carbonyl (C=O) groups excluding carboxylic acids is 1. The summed E-state index contributed by atoms with van der Waals surface area (Å²) in [4.78, 5) is 12.1. The Morgan fingerprint density at radius 3 is 2.62 bits per heavy atom. The summed E-state index contributed by atoms with van der Waals surface area (Å²) in [5.74, 6) is 5.26. The van der Waals surface area contributed by atoms with E-state index in [9.17, 15) is 13.2 Å². The van der Waals surface area contributed by atoms with Crippen LogP contribution < -0.4 is 5.73 Å². The summed E-state index contributed by atoms with van der Waals surface area (Å²) >= 11 is 0. The van der Waals surface area contributed by atoms with Gasteiger partial charge in [-0.1, -0.05) is 24.0 Å². The number of benzene rings is 1. The zero-order chi connectivity index (χ0) is 15.8. The first-order valence-electron chi connectivity index (χ1n) is 6.61. The van der Waals surface area contributed by atoms with Crippen LogP contribution in [0.15, 0.2) is 24.3 Å². The lowest BCUT2D eigenvalue weighted by atomic mass is 10.0. The number of rotatable bonds is 2. The van der Waals surface area contributed by atoms with Gasteiger partial charge in [0, 0.05) is 5.56 Å². The van der Waals surface area contributed by atoms with Crippen LogP contribution in [0.4, 0.5) is 0 Å². The third-order valence-corrected chi connectivity index (χ3v) is 6.14. The number of nitrogens with zero attached hydrogens (tertiary/aromatic N) is 1. The molecule has 5 nitrogen and oxygen atoms in total. The predicted molar refractivity (Wildman–Crippen MR) is 80.6 cm³/mol. The molecule has 1 aliphatic rings. The average molecular weight is 306 g/mol. The van der Waals surface area contributed by atoms with E-state index >= 15 is 0 Å². The van der Waals surface area contributed by atoms with Crippen molar-refractivity contribution in [3.8, 4) is 11.8 Å². The summed E-state index contributed by atoms with van der Waals surface area (Å²) in [5.41, 5.74) is 6.80. The van der Waals surface area contributed by atoms with Crippen molar-refractivity contribution >= 4 is 15.9 Å². The zero-order valence-electron chi connectivity index (χ0n) is 12.3. The van der Waals surface area contributed by atoms with Crippen molar-refractivity contribution in [2.75, 3.05) is 6.54 Å². The van der Waals surface area contributed by atoms with Gasteiger partial charge < -0.3 is 5.73 Å². The highest BCUT2D eigenvalue weighted by Crippen LogP contribution is 2.41. The lowest BCUT2D eigenvalue weighted by molar-refractivity contribution is -0.133. The van der Waals surface area contributed by atoms with Crippen LogP contribution in [-0.2, 0) is 14.8 Å². The normalized spacial score (nSPS) is 20.2. The predicted octanol–water partition coefficient (Wildman–Crippen LogP) is 1.01. The lowest BCUT2D eigenvalue weighted by Crippen LogP contribution is -2.67. The minimum atomic E-state index is -3.60. The first kappa shape index (κ1) is 15.5. The van der Waals surface area contributed by atoms with Crippen LogP contribution >= 0.6 is 0 Å². The van der Waals surface area contributed by atoms with E-state index in [1.54, 1.807) is 25.1 Å². The van der Waals surface area contributed by atoms with E-state index in [-0.39, 0.29) is 12.5 Å². The molecule has 0 saturated carbocycles. The quantitative estimate of drug-likeness (QED) is 0.827. The molecule has 1 aromatic carbocycles. The van der Waals surface area contributed by atoms with Crippen molar-refractivity contribution in [2.24, 2.45) is 5.73 Å². The molecule has 0 bridgehead atoms. The smallest absolute Gasteiger partial charge is 0.259 e. The molecule has 2 N–H and O–H groups in total. The van der Waals surface area contributed by atoms with Gasteiger partial charge in [-0.05, 0) is 38.5 Å². The van der Waals surface area contributed by atoms with Gasteiger partial charge in [0.05, 0.1) is 12.6 Å². The maximum Gasteiger partial charge on any atom is 0.259 e. The van der Waals surface area contributed by atoms with Crippen molar-refractivity contribution in [3.05, 3.63) is 35.4 Å². The maximum atomic E-state index is 12.2. The van der Waals surface area contributed by atoms with Crippen LogP contribution in [0.3, 0.4) is 0 Å². The Hall–Kier alpha value is -1.84. The molecule has 2 rings (SSSR count). The van der Waals surface area contributed by atoms with Crippen molar-refractivity contribution in [2.45, 2.75) is 31.6 Å². The number of nitrogens with two attached hydrogens (primary N) is 1. The van der Waals surface area contributed by atoms with Crippen LogP contribution in [0.1, 0.15) is 37.9 Å². The van der Waals surface area contributed by atoms with Gasteiger partial charge >= 0.3 is 0 Å². The fraction of sp³-hybridized carbons (Fsp3) is 0.400. The third-order valence-electron chi connectivity index (χ3n) is 3.67. The molecule has 0 spiro atoms. The Labute approximate surface area is 125 Å². The highest BCUT2D eigenvalue weighted by molar-refractivity contribution is 7.94. The minimum Gasteiger partial charge on any atom is -0.320 e. The third kappa shape index (κ3) is 2.33. The molecule has 0 aromatic heterocycles. The molecule has 1 aromatic rings. The van der Waals surface area contributed by atoms with E-state index < -0.39 is 20.8 Å². The van der Waals surface area contributed by atoms with Crippen molar-refractivity contribution in [1.29, 1.82) is 0 Å². The molecule has 1 amide bonds. The molecule has 1 heterocycles. The van der Waals surface area contributed by atoms with Crippen LogP contribution in [0.2, 0.25) is 0 Å². The van der Waals surface area contributed by atoms with Crippen molar-refractivity contribution in [1.82, 2.24) is 4.31 Å². The summed E-state index contributed by atoms with van der Waals surface area (Å²) in [7, 11) is -3.60. The topological polar surface area (TPSA) is 80.5 Å². The molecule has 1 unspecified atom stereocenters. The summed E-state index contributed by atoms with van der Waals surface area (Å²) in [6.07, 6.45) is 0. The molecule has 0 radical (unpaired) electrons. The Morgan fingerprint density at radius 1 is 1.38 bits per heavy atom. The largest absolute Gasteiger partial charge is 0.320 e. The number of hydrogen-bond acceptors (Lipinski definition) is 4. The summed E-state index contributed by atoms with van der Waals surface area (Å²) < 4.78 is 24.0. The van der Waals surface area contributed by atoms with Gasteiger partial charge in [0.15, 0.2) is 4.75 Å². The molecular formula is C15H18N2O3S. The molecule has 6 heteroatoms. The second-order valence-electron chi connectivity index (χ2n) is 5.42. The van der Waals surface area contributed by atoms with Gasteiger partial charge in [0.25, 0.3) is 15.9 Å². The van der Waals surface area contributed by atoms with E-state index in [1.807, 2.05) is 6.07 Å². The first-order valence-corrected chi connectivity index (χ1v) is 8.05. The Balaban J connectivity index is 2.34. The fourth-order valence-electron chi connectivity index (χ4n) is 2.24. The highest BCUT2D eigenvalue weighted by atomic mass is 32.2. The van der Waals surface area contributed by atoms with E-state index in [2.05, 4.69) is 11.8 Å². The minimum absolute atomic E-state index is 0.257. The van der Waals surface area contributed by atoms with Gasteiger partial charge in [0.1, 0.15) is 0 Å². The van der Waals surface area contributed by atoms with E-state index in [1.165, 1.54) is 13.8 Å². The molecule has 1 fully saturated rings. The number of amides is 1. The van der Waals surface area contributed by atoms with Gasteiger partial charge in [0.2, 0.25) is 0 Å². The molecule has 1 saturated heterocycles. The Kier molecular flexibility index (Phi) is 3.83. The molecule has 1 aliphatic heterocycles.